The van der Waals surface area contributed by atoms with E-state index in [0.717, 1.165) is 12.8 Å². The first-order valence-electron chi connectivity index (χ1n) is 5.76. The van der Waals surface area contributed by atoms with Gasteiger partial charge in [-0.15, -0.1) is 0 Å². The molecule has 5 heteroatoms. The van der Waals surface area contributed by atoms with Crippen LogP contribution in [0.25, 0.3) is 0 Å². The van der Waals surface area contributed by atoms with E-state index >= 15 is 0 Å². The smallest absolute Gasteiger partial charge is 0.222 e. The van der Waals surface area contributed by atoms with Crippen molar-refractivity contribution in [3.05, 3.63) is 0 Å². The molecule has 0 aromatic rings. The van der Waals surface area contributed by atoms with Crippen LogP contribution in [0.1, 0.15) is 32.6 Å². The Morgan fingerprint density at radius 2 is 2.12 bits per heavy atom. The van der Waals surface area contributed by atoms with Crippen LogP contribution in [0.2, 0.25) is 0 Å². The number of piperidine rings is 1. The van der Waals surface area contributed by atoms with Gasteiger partial charge in [0.05, 0.1) is 5.92 Å². The van der Waals surface area contributed by atoms with Crippen molar-refractivity contribution in [3.8, 4) is 0 Å². The second-order valence-corrected chi connectivity index (χ2v) is 4.40. The van der Waals surface area contributed by atoms with Crippen molar-refractivity contribution < 1.29 is 14.7 Å². The van der Waals surface area contributed by atoms with Crippen LogP contribution in [0.5, 0.6) is 0 Å². The lowest BCUT2D eigenvalue weighted by molar-refractivity contribution is -0.137. The summed E-state index contributed by atoms with van der Waals surface area (Å²) in [5.74, 6) is -0.534. The molecule has 0 radical (unpaired) electrons. The van der Waals surface area contributed by atoms with E-state index in [-0.39, 0.29) is 30.4 Å². The van der Waals surface area contributed by atoms with Gasteiger partial charge in [0.25, 0.3) is 0 Å². The van der Waals surface area contributed by atoms with Crippen LogP contribution < -0.4 is 5.73 Å². The summed E-state index contributed by atoms with van der Waals surface area (Å²) in [5, 5.41) is 8.67. The van der Waals surface area contributed by atoms with Gasteiger partial charge < -0.3 is 15.7 Å². The van der Waals surface area contributed by atoms with Crippen LogP contribution in [-0.4, -0.2) is 41.0 Å². The molecule has 1 heterocycles. The van der Waals surface area contributed by atoms with Crippen LogP contribution >= 0.6 is 0 Å². The van der Waals surface area contributed by atoms with E-state index in [9.17, 15) is 9.59 Å². The highest BCUT2D eigenvalue weighted by Crippen LogP contribution is 2.22. The zero-order valence-corrected chi connectivity index (χ0v) is 9.69. The van der Waals surface area contributed by atoms with E-state index in [1.807, 2.05) is 6.92 Å². The number of aliphatic hydroxyl groups is 1. The Morgan fingerprint density at radius 3 is 2.69 bits per heavy atom. The number of hydrogen-bond donors (Lipinski definition) is 2. The molecule has 0 aliphatic carbocycles. The number of primary amides is 1. The highest BCUT2D eigenvalue weighted by atomic mass is 16.3. The van der Waals surface area contributed by atoms with E-state index in [1.54, 1.807) is 4.90 Å². The van der Waals surface area contributed by atoms with E-state index in [0.29, 0.717) is 19.4 Å². The molecule has 2 unspecified atom stereocenters. The predicted octanol–water partition coefficient (Wildman–Crippen LogP) is -0.129. The van der Waals surface area contributed by atoms with Gasteiger partial charge in [0, 0.05) is 25.6 Å². The van der Waals surface area contributed by atoms with Crippen molar-refractivity contribution in [1.82, 2.24) is 4.90 Å². The molecule has 1 aliphatic heterocycles. The van der Waals surface area contributed by atoms with Crippen molar-refractivity contribution in [1.29, 1.82) is 0 Å². The Hall–Kier alpha value is -1.10. The maximum absolute atomic E-state index is 11.8. The lowest BCUT2D eigenvalue weighted by Crippen LogP contribution is -2.48. The molecule has 1 aliphatic rings. The fourth-order valence-corrected chi connectivity index (χ4v) is 2.06. The molecule has 0 aromatic carbocycles. The zero-order valence-electron chi connectivity index (χ0n) is 9.69. The minimum Gasteiger partial charge on any atom is -0.396 e. The molecule has 0 bridgehead atoms. The maximum atomic E-state index is 11.8. The number of likely N-dealkylation sites (tertiary alicyclic amines) is 1. The highest BCUT2D eigenvalue weighted by Gasteiger charge is 2.30. The molecule has 3 N–H and O–H groups in total. The molecule has 2 amide bonds. The van der Waals surface area contributed by atoms with Gasteiger partial charge in [-0.05, 0) is 26.2 Å². The first-order chi connectivity index (χ1) is 7.56. The standard InChI is InChI=1S/C11H20N2O3/c1-8-4-5-9(11(12)16)7-13(8)10(15)3-2-6-14/h8-9,14H,2-7H2,1H3,(H2,12,16). The summed E-state index contributed by atoms with van der Waals surface area (Å²) < 4.78 is 0. The molecule has 92 valence electrons. The number of nitrogens with two attached hydrogens (primary N) is 1. The number of nitrogens with zero attached hydrogens (tertiary/aromatic N) is 1. The molecule has 1 fully saturated rings. The van der Waals surface area contributed by atoms with E-state index < -0.39 is 0 Å². The molecule has 1 saturated heterocycles. The van der Waals surface area contributed by atoms with Crippen LogP contribution in [0, 0.1) is 5.92 Å². The molecule has 1 rings (SSSR count). The van der Waals surface area contributed by atoms with Gasteiger partial charge in [0.1, 0.15) is 0 Å². The summed E-state index contributed by atoms with van der Waals surface area (Å²) in [5.41, 5.74) is 5.26. The third-order valence-electron chi connectivity index (χ3n) is 3.15. The number of rotatable bonds is 4. The Morgan fingerprint density at radius 1 is 1.44 bits per heavy atom. The van der Waals surface area contributed by atoms with Crippen LogP contribution in [0.3, 0.4) is 0 Å². The molecule has 0 aromatic heterocycles. The van der Waals surface area contributed by atoms with Gasteiger partial charge in [-0.2, -0.15) is 0 Å². The second kappa shape index (κ2) is 5.84. The second-order valence-electron chi connectivity index (χ2n) is 4.40. The summed E-state index contributed by atoms with van der Waals surface area (Å²) in [4.78, 5) is 24.6. The number of carbonyl (C=O) groups excluding carboxylic acids is 2. The van der Waals surface area contributed by atoms with Crippen molar-refractivity contribution in [2.45, 2.75) is 38.6 Å². The summed E-state index contributed by atoms with van der Waals surface area (Å²) >= 11 is 0. The van der Waals surface area contributed by atoms with Gasteiger partial charge in [-0.25, -0.2) is 0 Å². The zero-order chi connectivity index (χ0) is 12.1. The fraction of sp³-hybridized carbons (Fsp3) is 0.818. The highest BCUT2D eigenvalue weighted by molar-refractivity contribution is 5.80. The summed E-state index contributed by atoms with van der Waals surface area (Å²) in [6, 6.07) is 0.168. The fourth-order valence-electron chi connectivity index (χ4n) is 2.06. The lowest BCUT2D eigenvalue weighted by Gasteiger charge is -2.37. The monoisotopic (exact) mass is 228 g/mol. The topological polar surface area (TPSA) is 83.6 Å². The summed E-state index contributed by atoms with van der Waals surface area (Å²) in [6.45, 7) is 2.43. The minimum atomic E-state index is -0.327. The van der Waals surface area contributed by atoms with Crippen LogP contribution in [0.15, 0.2) is 0 Å². The van der Waals surface area contributed by atoms with Crippen molar-refractivity contribution in [2.75, 3.05) is 13.2 Å². The Labute approximate surface area is 95.6 Å². The summed E-state index contributed by atoms with van der Waals surface area (Å²) in [6.07, 6.45) is 2.40. The van der Waals surface area contributed by atoms with Gasteiger partial charge in [0.15, 0.2) is 0 Å². The van der Waals surface area contributed by atoms with Gasteiger partial charge >= 0.3 is 0 Å². The molecule has 16 heavy (non-hydrogen) atoms. The predicted molar refractivity (Wildman–Crippen MR) is 59.4 cm³/mol. The SMILES string of the molecule is CC1CCC(C(N)=O)CN1C(=O)CCCO. The van der Waals surface area contributed by atoms with E-state index in [4.69, 9.17) is 10.8 Å². The minimum absolute atomic E-state index is 0.00694. The third-order valence-corrected chi connectivity index (χ3v) is 3.15. The molecule has 2 atom stereocenters. The normalized spacial score (nSPS) is 25.5. The average Bonchev–Trinajstić information content (AvgIpc) is 2.26. The largest absolute Gasteiger partial charge is 0.396 e. The molecule has 0 saturated carbocycles. The number of carbonyl (C=O) groups is 2. The van der Waals surface area contributed by atoms with E-state index in [2.05, 4.69) is 0 Å². The average molecular weight is 228 g/mol. The maximum Gasteiger partial charge on any atom is 0.222 e. The number of hydrogen-bond acceptors (Lipinski definition) is 3. The van der Waals surface area contributed by atoms with Crippen LogP contribution in [0.4, 0.5) is 0 Å². The third kappa shape index (κ3) is 3.20. The van der Waals surface area contributed by atoms with Gasteiger partial charge in [0.2, 0.25) is 11.8 Å². The summed E-state index contributed by atoms with van der Waals surface area (Å²) in [7, 11) is 0. The Balaban J connectivity index is 2.55. The Bertz CT molecular complexity index is 268. The van der Waals surface area contributed by atoms with E-state index in [1.165, 1.54) is 0 Å². The van der Waals surface area contributed by atoms with Crippen LogP contribution in [-0.2, 0) is 9.59 Å². The van der Waals surface area contributed by atoms with Gasteiger partial charge in [-0.1, -0.05) is 0 Å². The first-order valence-corrected chi connectivity index (χ1v) is 5.76. The lowest BCUT2D eigenvalue weighted by atomic mass is 9.92. The van der Waals surface area contributed by atoms with Gasteiger partial charge in [-0.3, -0.25) is 9.59 Å². The molecular formula is C11H20N2O3. The van der Waals surface area contributed by atoms with Crippen molar-refractivity contribution in [3.63, 3.8) is 0 Å². The Kier molecular flexibility index (Phi) is 4.73. The van der Waals surface area contributed by atoms with Crippen molar-refractivity contribution in [2.24, 2.45) is 11.7 Å². The number of amides is 2. The molecule has 5 nitrogen and oxygen atoms in total. The molecular weight excluding hydrogens is 208 g/mol. The number of aliphatic hydroxyl groups excluding tert-OH is 1. The quantitative estimate of drug-likeness (QED) is 0.703. The molecule has 0 spiro atoms. The first kappa shape index (κ1) is 13.0. The van der Waals surface area contributed by atoms with Crippen molar-refractivity contribution >= 4 is 11.8 Å².